The normalized spacial score (nSPS) is 13.6. The smallest absolute Gasteiger partial charge is 0.262 e. The number of carbonyl (C=O) groups is 2. The van der Waals surface area contributed by atoms with E-state index < -0.39 is 0 Å². The lowest BCUT2D eigenvalue weighted by atomic mass is 10.0. The molecule has 0 spiro atoms. The number of hydrogen-bond donors (Lipinski definition) is 0. The first kappa shape index (κ1) is 14.6. The summed E-state index contributed by atoms with van der Waals surface area (Å²) in [7, 11) is 0. The number of amides is 2. The molecule has 1 heterocycles. The van der Waals surface area contributed by atoms with Crippen LogP contribution < -0.4 is 0 Å². The van der Waals surface area contributed by atoms with Gasteiger partial charge in [-0.1, -0.05) is 60.7 Å². The molecule has 24 heavy (non-hydrogen) atoms. The molecule has 0 saturated carbocycles. The van der Waals surface area contributed by atoms with Crippen molar-refractivity contribution in [3.8, 4) is 0 Å². The van der Waals surface area contributed by atoms with Gasteiger partial charge in [0.15, 0.2) is 0 Å². The van der Waals surface area contributed by atoms with Crippen LogP contribution in [0.4, 0.5) is 0 Å². The van der Waals surface area contributed by atoms with Crippen LogP contribution >= 0.6 is 0 Å². The van der Waals surface area contributed by atoms with E-state index in [1.807, 2.05) is 48.5 Å². The predicted molar refractivity (Wildman–Crippen MR) is 94.1 cm³/mol. The molecule has 0 saturated heterocycles. The maximum Gasteiger partial charge on any atom is 0.262 e. The molecule has 0 fully saturated rings. The van der Waals surface area contributed by atoms with Crippen molar-refractivity contribution >= 4 is 22.6 Å². The highest BCUT2D eigenvalue weighted by Crippen LogP contribution is 2.30. The zero-order valence-electron chi connectivity index (χ0n) is 13.2. The summed E-state index contributed by atoms with van der Waals surface area (Å²) in [6, 6.07) is 21.5. The lowest BCUT2D eigenvalue weighted by Gasteiger charge is -2.13. The molecule has 0 aliphatic carbocycles. The number of rotatable bonds is 4. The molecule has 3 nitrogen and oxygen atoms in total. The molecular weight excluding hydrogens is 298 g/mol. The van der Waals surface area contributed by atoms with Gasteiger partial charge in [-0.3, -0.25) is 14.5 Å². The fourth-order valence-corrected chi connectivity index (χ4v) is 3.34. The van der Waals surface area contributed by atoms with E-state index in [1.54, 1.807) is 6.07 Å². The highest BCUT2D eigenvalue weighted by molar-refractivity contribution is 6.26. The fraction of sp³-hybridized carbons (Fsp3) is 0.143. The van der Waals surface area contributed by atoms with E-state index in [9.17, 15) is 9.59 Å². The Bertz CT molecular complexity index is 931. The predicted octanol–water partition coefficient (Wildman–Crippen LogP) is 4.07. The summed E-state index contributed by atoms with van der Waals surface area (Å²) >= 11 is 0. The van der Waals surface area contributed by atoms with Gasteiger partial charge in [0.1, 0.15) is 0 Å². The third-order valence-electron chi connectivity index (χ3n) is 4.55. The van der Waals surface area contributed by atoms with Crippen molar-refractivity contribution in [1.82, 2.24) is 4.90 Å². The molecular formula is C21H17NO2. The van der Waals surface area contributed by atoms with Crippen LogP contribution in [0.2, 0.25) is 0 Å². The SMILES string of the molecule is O=C1c2ccc3ccccc3c2C(=O)N1CCCc1ccccc1. The third-order valence-corrected chi connectivity index (χ3v) is 4.55. The van der Waals surface area contributed by atoms with E-state index in [4.69, 9.17) is 0 Å². The summed E-state index contributed by atoms with van der Waals surface area (Å²) in [6.07, 6.45) is 1.63. The maximum absolute atomic E-state index is 12.8. The second-order valence-corrected chi connectivity index (χ2v) is 6.06. The number of hydrogen-bond acceptors (Lipinski definition) is 2. The van der Waals surface area contributed by atoms with Gasteiger partial charge in [-0.2, -0.15) is 0 Å². The molecule has 2 amide bonds. The lowest BCUT2D eigenvalue weighted by Crippen LogP contribution is -2.31. The lowest BCUT2D eigenvalue weighted by molar-refractivity contribution is 0.0653. The van der Waals surface area contributed by atoms with Crippen LogP contribution in [0.3, 0.4) is 0 Å². The summed E-state index contributed by atoms with van der Waals surface area (Å²) in [5.41, 5.74) is 2.30. The van der Waals surface area contributed by atoms with Gasteiger partial charge in [-0.05, 0) is 35.2 Å². The highest BCUT2D eigenvalue weighted by Gasteiger charge is 2.36. The van der Waals surface area contributed by atoms with Crippen LogP contribution in [0.5, 0.6) is 0 Å². The van der Waals surface area contributed by atoms with Crippen LogP contribution in [-0.2, 0) is 6.42 Å². The van der Waals surface area contributed by atoms with E-state index in [0.717, 1.165) is 23.6 Å². The summed E-state index contributed by atoms with van der Waals surface area (Å²) < 4.78 is 0. The second kappa shape index (κ2) is 5.93. The largest absolute Gasteiger partial charge is 0.274 e. The topological polar surface area (TPSA) is 37.4 Å². The van der Waals surface area contributed by atoms with Crippen LogP contribution in [0, 0.1) is 0 Å². The first-order valence-electron chi connectivity index (χ1n) is 8.17. The standard InChI is InChI=1S/C21H17NO2/c23-20-18-13-12-16-10-4-5-11-17(16)19(18)21(24)22(20)14-6-9-15-7-2-1-3-8-15/h1-5,7-8,10-13H,6,9,14H2. The van der Waals surface area contributed by atoms with E-state index in [-0.39, 0.29) is 11.8 Å². The summed E-state index contributed by atoms with van der Waals surface area (Å²) in [5, 5.41) is 1.85. The van der Waals surface area contributed by atoms with Crippen molar-refractivity contribution in [2.24, 2.45) is 0 Å². The fourth-order valence-electron chi connectivity index (χ4n) is 3.34. The van der Waals surface area contributed by atoms with E-state index >= 15 is 0 Å². The molecule has 3 heteroatoms. The van der Waals surface area contributed by atoms with E-state index in [2.05, 4.69) is 12.1 Å². The monoisotopic (exact) mass is 315 g/mol. The van der Waals surface area contributed by atoms with Gasteiger partial charge in [0.05, 0.1) is 11.1 Å². The molecule has 0 N–H and O–H groups in total. The minimum Gasteiger partial charge on any atom is -0.274 e. The Morgan fingerprint density at radius 2 is 1.50 bits per heavy atom. The molecule has 0 atom stereocenters. The second-order valence-electron chi connectivity index (χ2n) is 6.06. The molecule has 1 aliphatic heterocycles. The van der Waals surface area contributed by atoms with Crippen molar-refractivity contribution in [2.75, 3.05) is 6.54 Å². The van der Waals surface area contributed by atoms with Gasteiger partial charge in [0, 0.05) is 6.54 Å². The number of imide groups is 1. The number of fused-ring (bicyclic) bond motifs is 3. The Balaban J connectivity index is 1.57. The quantitative estimate of drug-likeness (QED) is 0.681. The molecule has 4 rings (SSSR count). The molecule has 0 aromatic heterocycles. The van der Waals surface area contributed by atoms with Crippen LogP contribution in [0.1, 0.15) is 32.7 Å². The average Bonchev–Trinajstić information content (AvgIpc) is 2.87. The number of aryl methyl sites for hydroxylation is 1. The van der Waals surface area contributed by atoms with Crippen molar-refractivity contribution in [2.45, 2.75) is 12.8 Å². The Morgan fingerprint density at radius 1 is 0.750 bits per heavy atom. The zero-order valence-corrected chi connectivity index (χ0v) is 13.2. The molecule has 1 aliphatic rings. The molecule has 3 aromatic carbocycles. The van der Waals surface area contributed by atoms with Gasteiger partial charge in [0.25, 0.3) is 11.8 Å². The number of benzene rings is 3. The molecule has 0 radical (unpaired) electrons. The Labute approximate surface area is 140 Å². The first-order chi connectivity index (χ1) is 11.8. The first-order valence-corrected chi connectivity index (χ1v) is 8.17. The average molecular weight is 315 g/mol. The number of nitrogens with zero attached hydrogens (tertiary/aromatic N) is 1. The zero-order chi connectivity index (χ0) is 16.5. The van der Waals surface area contributed by atoms with Gasteiger partial charge in [-0.25, -0.2) is 0 Å². The van der Waals surface area contributed by atoms with Crippen LogP contribution in [-0.4, -0.2) is 23.3 Å². The minimum absolute atomic E-state index is 0.167. The van der Waals surface area contributed by atoms with Gasteiger partial charge < -0.3 is 0 Å². The van der Waals surface area contributed by atoms with Gasteiger partial charge in [0.2, 0.25) is 0 Å². The van der Waals surface area contributed by atoms with Gasteiger partial charge in [-0.15, -0.1) is 0 Å². The summed E-state index contributed by atoms with van der Waals surface area (Å²) in [6.45, 7) is 0.454. The van der Waals surface area contributed by atoms with Crippen LogP contribution in [0.15, 0.2) is 66.7 Å². The highest BCUT2D eigenvalue weighted by atomic mass is 16.2. The van der Waals surface area contributed by atoms with E-state index in [1.165, 1.54) is 10.5 Å². The molecule has 118 valence electrons. The Morgan fingerprint density at radius 3 is 2.33 bits per heavy atom. The summed E-state index contributed by atoms with van der Waals surface area (Å²) in [4.78, 5) is 26.8. The van der Waals surface area contributed by atoms with Crippen molar-refractivity contribution in [3.63, 3.8) is 0 Å². The van der Waals surface area contributed by atoms with Crippen molar-refractivity contribution < 1.29 is 9.59 Å². The van der Waals surface area contributed by atoms with E-state index in [0.29, 0.717) is 17.7 Å². The Hall–Kier alpha value is -2.94. The van der Waals surface area contributed by atoms with Crippen molar-refractivity contribution in [1.29, 1.82) is 0 Å². The van der Waals surface area contributed by atoms with Crippen molar-refractivity contribution in [3.05, 3.63) is 83.4 Å². The molecule has 0 unspecified atom stereocenters. The number of carbonyl (C=O) groups excluding carboxylic acids is 2. The molecule has 3 aromatic rings. The maximum atomic E-state index is 12.8. The van der Waals surface area contributed by atoms with Gasteiger partial charge >= 0.3 is 0 Å². The molecule has 0 bridgehead atoms. The Kier molecular flexibility index (Phi) is 3.62. The summed E-state index contributed by atoms with van der Waals surface area (Å²) in [5.74, 6) is -0.339. The van der Waals surface area contributed by atoms with Crippen LogP contribution in [0.25, 0.3) is 10.8 Å². The minimum atomic E-state index is -0.172. The third kappa shape index (κ3) is 2.38.